The van der Waals surface area contributed by atoms with Crippen molar-refractivity contribution in [3.63, 3.8) is 0 Å². The summed E-state index contributed by atoms with van der Waals surface area (Å²) in [5.74, 6) is 0. The maximum absolute atomic E-state index is 11.3. The molecule has 0 aromatic carbocycles. The second-order valence-corrected chi connectivity index (χ2v) is 3.53. The van der Waals surface area contributed by atoms with Crippen molar-refractivity contribution in [3.05, 3.63) is 0 Å². The fourth-order valence-corrected chi connectivity index (χ4v) is 1.45. The van der Waals surface area contributed by atoms with Crippen LogP contribution in [0.1, 0.15) is 6.42 Å². The van der Waals surface area contributed by atoms with Gasteiger partial charge in [-0.05, 0) is 6.42 Å². The number of carbonyl (C=O) groups excluding carboxylic acids is 1. The fraction of sp³-hybridized carbons (Fsp3) is 0.875. The molecule has 2 heterocycles. The Morgan fingerprint density at radius 2 is 2.08 bits per heavy atom. The van der Waals surface area contributed by atoms with E-state index in [1.807, 2.05) is 0 Å². The van der Waals surface area contributed by atoms with Gasteiger partial charge in [-0.2, -0.15) is 0 Å². The van der Waals surface area contributed by atoms with Crippen LogP contribution in [-0.4, -0.2) is 44.4 Å². The summed E-state index contributed by atoms with van der Waals surface area (Å²) in [5, 5.41) is 8.84. The quantitative estimate of drug-likeness (QED) is 0.519. The summed E-state index contributed by atoms with van der Waals surface area (Å²) >= 11 is 0. The van der Waals surface area contributed by atoms with Gasteiger partial charge in [0.05, 0.1) is 18.7 Å². The maximum Gasteiger partial charge on any atom is 0.315 e. The lowest BCUT2D eigenvalue weighted by Crippen LogP contribution is -2.59. The minimum Gasteiger partial charge on any atom is -0.379 e. The molecule has 74 valence electrons. The van der Waals surface area contributed by atoms with E-state index in [1.54, 1.807) is 0 Å². The van der Waals surface area contributed by atoms with Crippen molar-refractivity contribution < 1.29 is 9.53 Å². The van der Waals surface area contributed by atoms with Gasteiger partial charge in [0.1, 0.15) is 0 Å². The van der Waals surface area contributed by atoms with Crippen LogP contribution in [-0.2, 0) is 4.74 Å². The molecular weight excluding hydrogens is 170 g/mol. The first-order valence-electron chi connectivity index (χ1n) is 4.70. The van der Waals surface area contributed by atoms with E-state index in [1.165, 1.54) is 0 Å². The highest BCUT2D eigenvalue weighted by atomic mass is 16.5. The summed E-state index contributed by atoms with van der Waals surface area (Å²) in [6.07, 6.45) is 0.927. The molecule has 0 spiro atoms. The first-order valence-corrected chi connectivity index (χ1v) is 4.70. The third-order valence-electron chi connectivity index (χ3n) is 2.38. The first kappa shape index (κ1) is 8.77. The zero-order valence-electron chi connectivity index (χ0n) is 7.51. The Kier molecular flexibility index (Phi) is 2.65. The highest BCUT2D eigenvalue weighted by molar-refractivity contribution is 5.74. The number of amides is 2. The van der Waals surface area contributed by atoms with Gasteiger partial charge in [0, 0.05) is 19.7 Å². The van der Waals surface area contributed by atoms with Crippen LogP contribution in [0, 0.1) is 0 Å². The van der Waals surface area contributed by atoms with Gasteiger partial charge in [-0.1, -0.05) is 0 Å². The zero-order chi connectivity index (χ0) is 9.10. The van der Waals surface area contributed by atoms with Crippen LogP contribution in [0.25, 0.3) is 0 Å². The molecule has 2 amide bonds. The molecule has 2 aliphatic rings. The van der Waals surface area contributed by atoms with Gasteiger partial charge in [-0.3, -0.25) is 0 Å². The summed E-state index contributed by atoms with van der Waals surface area (Å²) in [4.78, 5) is 11.3. The van der Waals surface area contributed by atoms with E-state index in [-0.39, 0.29) is 12.1 Å². The van der Waals surface area contributed by atoms with Crippen molar-refractivity contribution in [3.8, 4) is 0 Å². The monoisotopic (exact) mass is 185 g/mol. The number of carbonyl (C=O) groups is 1. The Morgan fingerprint density at radius 3 is 2.62 bits per heavy atom. The second-order valence-electron chi connectivity index (χ2n) is 3.53. The molecule has 0 aliphatic carbocycles. The molecular formula is C8H15N3O2. The molecule has 1 unspecified atom stereocenters. The Balaban J connectivity index is 1.64. The Bertz CT molecular complexity index is 188. The number of hydrogen-bond acceptors (Lipinski definition) is 3. The molecule has 3 N–H and O–H groups in total. The number of urea groups is 1. The molecule has 2 fully saturated rings. The van der Waals surface area contributed by atoms with E-state index < -0.39 is 0 Å². The molecule has 0 radical (unpaired) electrons. The topological polar surface area (TPSA) is 62.4 Å². The summed E-state index contributed by atoms with van der Waals surface area (Å²) < 4.78 is 5.15. The van der Waals surface area contributed by atoms with Crippen LogP contribution in [0.3, 0.4) is 0 Å². The minimum atomic E-state index is -0.0676. The third kappa shape index (κ3) is 2.32. The minimum absolute atomic E-state index is 0.0676. The fourth-order valence-electron chi connectivity index (χ4n) is 1.45. The summed E-state index contributed by atoms with van der Waals surface area (Å²) in [6.45, 7) is 3.18. The predicted molar refractivity (Wildman–Crippen MR) is 47.5 cm³/mol. The van der Waals surface area contributed by atoms with E-state index in [9.17, 15) is 4.79 Å². The number of nitrogens with one attached hydrogen (secondary N) is 3. The average molecular weight is 185 g/mol. The van der Waals surface area contributed by atoms with E-state index in [0.717, 1.165) is 26.1 Å². The average Bonchev–Trinajstić information content (AvgIpc) is 2.49. The first-order chi connectivity index (χ1) is 6.34. The largest absolute Gasteiger partial charge is 0.379 e. The molecule has 5 heteroatoms. The molecule has 2 saturated heterocycles. The highest BCUT2D eigenvalue weighted by Crippen LogP contribution is 2.02. The summed E-state index contributed by atoms with van der Waals surface area (Å²) in [6, 6.07) is 0.442. The van der Waals surface area contributed by atoms with Crippen molar-refractivity contribution in [2.75, 3.05) is 26.3 Å². The van der Waals surface area contributed by atoms with Crippen molar-refractivity contribution in [1.29, 1.82) is 0 Å². The number of rotatable bonds is 2. The van der Waals surface area contributed by atoms with E-state index in [0.29, 0.717) is 12.6 Å². The van der Waals surface area contributed by atoms with Gasteiger partial charge in [0.2, 0.25) is 0 Å². The molecule has 0 saturated carbocycles. The van der Waals surface area contributed by atoms with Crippen molar-refractivity contribution in [2.24, 2.45) is 0 Å². The standard InChI is InChI=1S/C8H15N3O2/c12-8(11-7-3-9-4-7)10-6-1-2-13-5-6/h6-7,9H,1-5H2,(H2,10,11,12). The molecule has 0 aromatic heterocycles. The Morgan fingerprint density at radius 1 is 1.31 bits per heavy atom. The van der Waals surface area contributed by atoms with Crippen molar-refractivity contribution in [1.82, 2.24) is 16.0 Å². The lowest BCUT2D eigenvalue weighted by atomic mass is 10.2. The predicted octanol–water partition coefficient (Wildman–Crippen LogP) is -0.954. The van der Waals surface area contributed by atoms with Crippen molar-refractivity contribution in [2.45, 2.75) is 18.5 Å². The van der Waals surface area contributed by atoms with E-state index in [2.05, 4.69) is 16.0 Å². The van der Waals surface area contributed by atoms with Crippen LogP contribution in [0.2, 0.25) is 0 Å². The van der Waals surface area contributed by atoms with E-state index >= 15 is 0 Å². The third-order valence-corrected chi connectivity index (χ3v) is 2.38. The number of hydrogen-bond donors (Lipinski definition) is 3. The molecule has 5 nitrogen and oxygen atoms in total. The second kappa shape index (κ2) is 3.93. The SMILES string of the molecule is O=C(NC1CNC1)NC1CCOC1. The Labute approximate surface area is 77.2 Å². The summed E-state index contributed by atoms with van der Waals surface area (Å²) in [5.41, 5.74) is 0. The highest BCUT2D eigenvalue weighted by Gasteiger charge is 2.22. The lowest BCUT2D eigenvalue weighted by Gasteiger charge is -2.28. The Hall–Kier alpha value is -0.810. The molecule has 0 bridgehead atoms. The lowest BCUT2D eigenvalue weighted by molar-refractivity contribution is 0.187. The summed E-state index contributed by atoms with van der Waals surface area (Å²) in [7, 11) is 0. The number of ether oxygens (including phenoxy) is 1. The van der Waals surface area contributed by atoms with Crippen LogP contribution in [0.5, 0.6) is 0 Å². The zero-order valence-corrected chi connectivity index (χ0v) is 7.51. The van der Waals surface area contributed by atoms with Gasteiger partial charge in [0.15, 0.2) is 0 Å². The van der Waals surface area contributed by atoms with Gasteiger partial charge in [0.25, 0.3) is 0 Å². The molecule has 1 atom stereocenters. The van der Waals surface area contributed by atoms with Gasteiger partial charge < -0.3 is 20.7 Å². The van der Waals surface area contributed by atoms with Crippen LogP contribution < -0.4 is 16.0 Å². The van der Waals surface area contributed by atoms with Gasteiger partial charge in [-0.15, -0.1) is 0 Å². The molecule has 13 heavy (non-hydrogen) atoms. The van der Waals surface area contributed by atoms with Crippen LogP contribution in [0.4, 0.5) is 4.79 Å². The molecule has 2 rings (SSSR count). The maximum atomic E-state index is 11.3. The molecule has 2 aliphatic heterocycles. The molecule has 0 aromatic rings. The van der Waals surface area contributed by atoms with Gasteiger partial charge in [-0.25, -0.2) is 4.79 Å². The van der Waals surface area contributed by atoms with Gasteiger partial charge >= 0.3 is 6.03 Å². The van der Waals surface area contributed by atoms with Crippen LogP contribution in [0.15, 0.2) is 0 Å². The van der Waals surface area contributed by atoms with Crippen molar-refractivity contribution >= 4 is 6.03 Å². The van der Waals surface area contributed by atoms with E-state index in [4.69, 9.17) is 4.74 Å². The smallest absolute Gasteiger partial charge is 0.315 e. The normalized spacial score (nSPS) is 28.2. The van der Waals surface area contributed by atoms with Crippen LogP contribution >= 0.6 is 0 Å².